The first-order chi connectivity index (χ1) is 7.61. The van der Waals surface area contributed by atoms with Gasteiger partial charge in [-0.2, -0.15) is 5.10 Å². The maximum atomic E-state index is 13.3. The fourth-order valence-electron chi connectivity index (χ4n) is 1.30. The fourth-order valence-corrected chi connectivity index (χ4v) is 1.82. The number of nitrogens with zero attached hydrogens (tertiary/aromatic N) is 2. The van der Waals surface area contributed by atoms with E-state index in [0.29, 0.717) is 11.5 Å². The predicted octanol–water partition coefficient (Wildman–Crippen LogP) is 2.97. The van der Waals surface area contributed by atoms with E-state index in [1.165, 1.54) is 28.6 Å². The number of halogens is 2. The minimum Gasteiger partial charge on any atom is -0.384 e. The van der Waals surface area contributed by atoms with Gasteiger partial charge < -0.3 is 5.73 Å². The molecule has 0 bridgehead atoms. The maximum absolute atomic E-state index is 13.3. The Kier molecular flexibility index (Phi) is 3.07. The van der Waals surface area contributed by atoms with Gasteiger partial charge in [0.1, 0.15) is 16.7 Å². The van der Waals surface area contributed by atoms with E-state index in [1.807, 2.05) is 6.26 Å². The van der Waals surface area contributed by atoms with Crippen LogP contribution in [0.3, 0.4) is 0 Å². The smallest absolute Gasteiger partial charge is 0.143 e. The quantitative estimate of drug-likeness (QED) is 0.842. The van der Waals surface area contributed by atoms with Crippen LogP contribution in [-0.2, 0) is 0 Å². The van der Waals surface area contributed by atoms with Crippen molar-refractivity contribution in [3.05, 3.63) is 35.1 Å². The minimum atomic E-state index is -0.486. The van der Waals surface area contributed by atoms with Gasteiger partial charge in [0.15, 0.2) is 0 Å². The van der Waals surface area contributed by atoms with Crippen LogP contribution in [0.5, 0.6) is 0 Å². The maximum Gasteiger partial charge on any atom is 0.143 e. The van der Waals surface area contributed by atoms with E-state index in [1.54, 1.807) is 12.1 Å². The molecule has 0 aliphatic carbocycles. The van der Waals surface area contributed by atoms with Crippen LogP contribution in [-0.4, -0.2) is 16.0 Å². The molecule has 84 valence electrons. The SMILES string of the molecule is CSc1cc(N)n(-c2ccc(Cl)c(F)c2)n1. The summed E-state index contributed by atoms with van der Waals surface area (Å²) in [6, 6.07) is 6.18. The van der Waals surface area contributed by atoms with Crippen LogP contribution in [0, 0.1) is 5.82 Å². The summed E-state index contributed by atoms with van der Waals surface area (Å²) >= 11 is 7.07. The first-order valence-electron chi connectivity index (χ1n) is 4.47. The van der Waals surface area contributed by atoms with Crippen LogP contribution in [0.25, 0.3) is 5.69 Å². The standard InChI is InChI=1S/C10H9ClFN3S/c1-16-10-5-9(13)15(14-10)6-2-3-7(11)8(12)4-6/h2-5H,13H2,1H3. The van der Waals surface area contributed by atoms with Crippen LogP contribution < -0.4 is 5.73 Å². The van der Waals surface area contributed by atoms with E-state index < -0.39 is 5.82 Å². The third kappa shape index (κ3) is 2.01. The van der Waals surface area contributed by atoms with Gasteiger partial charge in [0, 0.05) is 12.1 Å². The van der Waals surface area contributed by atoms with Crippen molar-refractivity contribution >= 4 is 29.2 Å². The monoisotopic (exact) mass is 257 g/mol. The molecule has 0 fully saturated rings. The van der Waals surface area contributed by atoms with E-state index in [-0.39, 0.29) is 5.02 Å². The molecule has 0 radical (unpaired) electrons. The van der Waals surface area contributed by atoms with Crippen LogP contribution >= 0.6 is 23.4 Å². The Labute approximate surface area is 101 Å². The third-order valence-corrected chi connectivity index (χ3v) is 3.00. The molecule has 0 atom stereocenters. The summed E-state index contributed by atoms with van der Waals surface area (Å²) in [4.78, 5) is 0. The summed E-state index contributed by atoms with van der Waals surface area (Å²) in [6.07, 6.45) is 1.90. The van der Waals surface area contributed by atoms with E-state index in [9.17, 15) is 4.39 Å². The molecule has 2 aromatic rings. The van der Waals surface area contributed by atoms with Crippen molar-refractivity contribution in [2.24, 2.45) is 0 Å². The van der Waals surface area contributed by atoms with Crippen molar-refractivity contribution in [1.29, 1.82) is 0 Å². The number of nitrogen functional groups attached to an aromatic ring is 1. The molecule has 0 saturated heterocycles. The molecule has 1 heterocycles. The molecule has 0 unspecified atom stereocenters. The first-order valence-corrected chi connectivity index (χ1v) is 6.07. The number of anilines is 1. The summed E-state index contributed by atoms with van der Waals surface area (Å²) in [7, 11) is 0. The highest BCUT2D eigenvalue weighted by Gasteiger charge is 2.08. The highest BCUT2D eigenvalue weighted by atomic mass is 35.5. The normalized spacial score (nSPS) is 10.7. The molecular formula is C10H9ClFN3S. The summed E-state index contributed by atoms with van der Waals surface area (Å²) < 4.78 is 14.7. The second-order valence-electron chi connectivity index (χ2n) is 3.12. The first kappa shape index (κ1) is 11.3. The van der Waals surface area contributed by atoms with Crippen LogP contribution in [0.15, 0.2) is 29.3 Å². The number of nitrogens with two attached hydrogens (primary N) is 1. The lowest BCUT2D eigenvalue weighted by Crippen LogP contribution is -2.02. The summed E-state index contributed by atoms with van der Waals surface area (Å²) in [6.45, 7) is 0. The van der Waals surface area contributed by atoms with Crippen LogP contribution in [0.2, 0.25) is 5.02 Å². The lowest BCUT2D eigenvalue weighted by Gasteiger charge is -2.04. The van der Waals surface area contributed by atoms with E-state index in [0.717, 1.165) is 5.03 Å². The van der Waals surface area contributed by atoms with Crippen molar-refractivity contribution in [3.8, 4) is 5.69 Å². The van der Waals surface area contributed by atoms with E-state index in [4.69, 9.17) is 17.3 Å². The van der Waals surface area contributed by atoms with Crippen LogP contribution in [0.1, 0.15) is 0 Å². The summed E-state index contributed by atoms with van der Waals surface area (Å²) in [5, 5.41) is 5.08. The zero-order chi connectivity index (χ0) is 11.7. The molecule has 0 aliphatic heterocycles. The molecule has 2 N–H and O–H groups in total. The molecule has 0 amide bonds. The number of rotatable bonds is 2. The highest BCUT2D eigenvalue weighted by molar-refractivity contribution is 7.98. The zero-order valence-electron chi connectivity index (χ0n) is 8.45. The average molecular weight is 258 g/mol. The molecule has 1 aromatic heterocycles. The summed E-state index contributed by atoms with van der Waals surface area (Å²) in [5.41, 5.74) is 6.32. The van der Waals surface area contributed by atoms with E-state index >= 15 is 0 Å². The highest BCUT2D eigenvalue weighted by Crippen LogP contribution is 2.23. The van der Waals surface area contributed by atoms with Crippen molar-refractivity contribution in [2.45, 2.75) is 5.03 Å². The lowest BCUT2D eigenvalue weighted by molar-refractivity contribution is 0.625. The molecule has 0 saturated carbocycles. The fraction of sp³-hybridized carbons (Fsp3) is 0.100. The lowest BCUT2D eigenvalue weighted by atomic mass is 10.3. The molecule has 6 heteroatoms. The number of thioether (sulfide) groups is 1. The van der Waals surface area contributed by atoms with Gasteiger partial charge >= 0.3 is 0 Å². The van der Waals surface area contributed by atoms with Crippen LogP contribution in [0.4, 0.5) is 10.2 Å². The van der Waals surface area contributed by atoms with Gasteiger partial charge in [-0.05, 0) is 18.4 Å². The second-order valence-corrected chi connectivity index (χ2v) is 4.36. The Morgan fingerprint density at radius 1 is 1.44 bits per heavy atom. The molecular weight excluding hydrogens is 249 g/mol. The van der Waals surface area contributed by atoms with Crippen molar-refractivity contribution in [2.75, 3.05) is 12.0 Å². The number of benzene rings is 1. The molecule has 16 heavy (non-hydrogen) atoms. The molecule has 2 rings (SSSR count). The van der Waals surface area contributed by atoms with Crippen molar-refractivity contribution in [3.63, 3.8) is 0 Å². The zero-order valence-corrected chi connectivity index (χ0v) is 10.0. The van der Waals surface area contributed by atoms with Crippen molar-refractivity contribution < 1.29 is 4.39 Å². The van der Waals surface area contributed by atoms with E-state index in [2.05, 4.69) is 5.10 Å². The Morgan fingerprint density at radius 3 is 2.75 bits per heavy atom. The number of hydrogen-bond donors (Lipinski definition) is 1. The molecule has 3 nitrogen and oxygen atoms in total. The Morgan fingerprint density at radius 2 is 2.19 bits per heavy atom. The number of hydrogen-bond acceptors (Lipinski definition) is 3. The number of aromatic nitrogens is 2. The third-order valence-electron chi connectivity index (χ3n) is 2.07. The van der Waals surface area contributed by atoms with Gasteiger partial charge in [-0.25, -0.2) is 9.07 Å². The molecule has 1 aromatic carbocycles. The molecule has 0 aliphatic rings. The Bertz CT molecular complexity index is 527. The van der Waals surface area contributed by atoms with Gasteiger partial charge in [0.05, 0.1) is 10.7 Å². The second kappa shape index (κ2) is 4.35. The largest absolute Gasteiger partial charge is 0.384 e. The van der Waals surface area contributed by atoms with Gasteiger partial charge in [-0.15, -0.1) is 11.8 Å². The summed E-state index contributed by atoms with van der Waals surface area (Å²) in [5.74, 6) is -0.0224. The minimum absolute atomic E-state index is 0.0829. The average Bonchev–Trinajstić information content (AvgIpc) is 2.64. The van der Waals surface area contributed by atoms with Gasteiger partial charge in [0.25, 0.3) is 0 Å². The van der Waals surface area contributed by atoms with Crippen molar-refractivity contribution in [1.82, 2.24) is 9.78 Å². The Hall–Kier alpha value is -1.20. The molecule has 0 spiro atoms. The van der Waals surface area contributed by atoms with Gasteiger partial charge in [0.2, 0.25) is 0 Å². The Balaban J connectivity index is 2.49. The van der Waals surface area contributed by atoms with Gasteiger partial charge in [-0.3, -0.25) is 0 Å². The van der Waals surface area contributed by atoms with Gasteiger partial charge in [-0.1, -0.05) is 11.6 Å². The topological polar surface area (TPSA) is 43.8 Å². The predicted molar refractivity (Wildman–Crippen MR) is 64.7 cm³/mol.